The third-order valence-electron chi connectivity index (χ3n) is 4.09. The van der Waals surface area contributed by atoms with Crippen molar-refractivity contribution in [3.63, 3.8) is 0 Å². The van der Waals surface area contributed by atoms with Crippen LogP contribution in [0.4, 0.5) is 5.69 Å². The molecule has 1 fully saturated rings. The van der Waals surface area contributed by atoms with E-state index in [0.29, 0.717) is 6.10 Å². The molecule has 0 saturated carbocycles. The highest BCUT2D eigenvalue weighted by Gasteiger charge is 2.21. The third kappa shape index (κ3) is 2.17. The van der Waals surface area contributed by atoms with Crippen molar-refractivity contribution in [3.05, 3.63) is 35.5 Å². The number of fused-ring (bicyclic) bond motifs is 2. The van der Waals surface area contributed by atoms with Gasteiger partial charge in [-0.15, -0.1) is 0 Å². The molecule has 2 aromatic rings. The number of anilines is 1. The average Bonchev–Trinajstić information content (AvgIpc) is 3.14. The summed E-state index contributed by atoms with van der Waals surface area (Å²) in [4.78, 5) is 4.80. The highest BCUT2D eigenvalue weighted by atomic mass is 32.2. The molecule has 3 nitrogen and oxygen atoms in total. The van der Waals surface area contributed by atoms with Gasteiger partial charge in [0.1, 0.15) is 0 Å². The fourth-order valence-corrected chi connectivity index (χ4v) is 4.10. The molecule has 20 heavy (non-hydrogen) atoms. The quantitative estimate of drug-likeness (QED) is 0.935. The van der Waals surface area contributed by atoms with E-state index in [9.17, 15) is 0 Å². The summed E-state index contributed by atoms with van der Waals surface area (Å²) in [5, 5.41) is 4.89. The maximum atomic E-state index is 5.72. The number of benzene rings is 1. The van der Waals surface area contributed by atoms with Gasteiger partial charge in [-0.25, -0.2) is 0 Å². The first kappa shape index (κ1) is 12.5. The molecule has 4 rings (SSSR count). The van der Waals surface area contributed by atoms with Gasteiger partial charge in [-0.1, -0.05) is 18.2 Å². The Kier molecular flexibility index (Phi) is 3.28. The van der Waals surface area contributed by atoms with E-state index in [1.807, 2.05) is 11.8 Å². The second kappa shape index (κ2) is 5.26. The fraction of sp³-hybridized carbons (Fsp3) is 0.438. The van der Waals surface area contributed by atoms with Crippen molar-refractivity contribution in [3.8, 4) is 0 Å². The third-order valence-corrected chi connectivity index (χ3v) is 5.06. The Morgan fingerprint density at radius 1 is 1.30 bits per heavy atom. The average molecular weight is 286 g/mol. The molecular formula is C16H18N2OS. The lowest BCUT2D eigenvalue weighted by Gasteiger charge is -2.16. The van der Waals surface area contributed by atoms with Gasteiger partial charge in [-0.2, -0.15) is 11.8 Å². The zero-order valence-electron chi connectivity index (χ0n) is 11.4. The molecule has 4 heteroatoms. The highest BCUT2D eigenvalue weighted by Crippen LogP contribution is 2.38. The molecule has 1 aromatic carbocycles. The molecular weight excluding hydrogens is 268 g/mol. The van der Waals surface area contributed by atoms with E-state index in [1.54, 1.807) is 0 Å². The number of hydrogen-bond acceptors (Lipinski definition) is 4. The number of para-hydroxylation sites is 1. The van der Waals surface area contributed by atoms with Gasteiger partial charge < -0.3 is 10.1 Å². The Hall–Kier alpha value is -1.26. The predicted octanol–water partition coefficient (Wildman–Crippen LogP) is 3.57. The summed E-state index contributed by atoms with van der Waals surface area (Å²) in [5.74, 6) is 2.11. The summed E-state index contributed by atoms with van der Waals surface area (Å²) < 4.78 is 5.72. The number of aromatic nitrogens is 1. The summed E-state index contributed by atoms with van der Waals surface area (Å²) in [6.45, 7) is 1.82. The van der Waals surface area contributed by atoms with E-state index in [0.717, 1.165) is 30.2 Å². The van der Waals surface area contributed by atoms with Crippen molar-refractivity contribution >= 4 is 28.4 Å². The lowest BCUT2D eigenvalue weighted by atomic mass is 10.1. The van der Waals surface area contributed by atoms with E-state index in [-0.39, 0.29) is 0 Å². The Bertz CT molecular complexity index is 638. The van der Waals surface area contributed by atoms with Crippen LogP contribution in [-0.2, 0) is 16.2 Å². The number of nitrogens with zero attached hydrogens (tertiary/aromatic N) is 1. The van der Waals surface area contributed by atoms with Crippen LogP contribution in [0.15, 0.2) is 24.3 Å². The van der Waals surface area contributed by atoms with Crippen LogP contribution in [0.2, 0.25) is 0 Å². The summed E-state index contributed by atoms with van der Waals surface area (Å²) in [6.07, 6.45) is 2.73. The van der Waals surface area contributed by atoms with Crippen molar-refractivity contribution in [1.82, 2.24) is 4.98 Å². The number of hydrogen-bond donors (Lipinski definition) is 1. The van der Waals surface area contributed by atoms with Gasteiger partial charge >= 0.3 is 0 Å². The van der Waals surface area contributed by atoms with E-state index in [4.69, 9.17) is 9.72 Å². The molecule has 1 atom stereocenters. The van der Waals surface area contributed by atoms with Crippen LogP contribution in [0, 0.1) is 0 Å². The summed E-state index contributed by atoms with van der Waals surface area (Å²) in [5.41, 5.74) is 5.03. The minimum Gasteiger partial charge on any atom is -0.382 e. The summed E-state index contributed by atoms with van der Waals surface area (Å²) in [6, 6.07) is 8.43. The molecule has 0 amide bonds. The van der Waals surface area contributed by atoms with Crippen LogP contribution in [0.25, 0.3) is 10.9 Å². The zero-order chi connectivity index (χ0) is 13.4. The van der Waals surface area contributed by atoms with Gasteiger partial charge in [0.25, 0.3) is 0 Å². The smallest absolute Gasteiger partial charge is 0.0748 e. The summed E-state index contributed by atoms with van der Waals surface area (Å²) in [7, 11) is 0. The first-order chi connectivity index (χ1) is 9.92. The normalized spacial score (nSPS) is 21.3. The minimum atomic E-state index is 0.367. The lowest BCUT2D eigenvalue weighted by Crippen LogP contribution is -2.19. The predicted molar refractivity (Wildman–Crippen MR) is 84.2 cm³/mol. The van der Waals surface area contributed by atoms with Gasteiger partial charge in [0, 0.05) is 41.3 Å². The van der Waals surface area contributed by atoms with Gasteiger partial charge in [-0.3, -0.25) is 4.98 Å². The number of pyridine rings is 1. The molecule has 2 aliphatic rings. The first-order valence-corrected chi connectivity index (χ1v) is 8.41. The molecule has 3 heterocycles. The lowest BCUT2D eigenvalue weighted by molar-refractivity contribution is 0.120. The Morgan fingerprint density at radius 2 is 2.25 bits per heavy atom. The van der Waals surface area contributed by atoms with Crippen LogP contribution in [0.5, 0.6) is 0 Å². The topological polar surface area (TPSA) is 34.1 Å². The second-order valence-corrected chi connectivity index (χ2v) is 6.42. The molecule has 0 radical (unpaired) electrons. The van der Waals surface area contributed by atoms with Gasteiger partial charge in [-0.05, 0) is 18.9 Å². The molecule has 0 spiro atoms. The zero-order valence-corrected chi connectivity index (χ0v) is 12.2. The van der Waals surface area contributed by atoms with Crippen molar-refractivity contribution in [2.24, 2.45) is 0 Å². The molecule has 0 aliphatic carbocycles. The molecule has 1 unspecified atom stereocenters. The van der Waals surface area contributed by atoms with E-state index in [2.05, 4.69) is 29.6 Å². The van der Waals surface area contributed by atoms with Crippen molar-refractivity contribution in [1.29, 1.82) is 0 Å². The van der Waals surface area contributed by atoms with Crippen molar-refractivity contribution in [2.45, 2.75) is 30.5 Å². The van der Waals surface area contributed by atoms with Gasteiger partial charge in [0.2, 0.25) is 0 Å². The highest BCUT2D eigenvalue weighted by molar-refractivity contribution is 7.98. The first-order valence-electron chi connectivity index (χ1n) is 7.25. The second-order valence-electron chi connectivity index (χ2n) is 5.44. The van der Waals surface area contributed by atoms with Gasteiger partial charge in [0.15, 0.2) is 0 Å². The van der Waals surface area contributed by atoms with Crippen LogP contribution in [0.3, 0.4) is 0 Å². The largest absolute Gasteiger partial charge is 0.382 e. The van der Waals surface area contributed by atoms with E-state index < -0.39 is 0 Å². The minimum absolute atomic E-state index is 0.367. The van der Waals surface area contributed by atoms with E-state index in [1.165, 1.54) is 35.2 Å². The van der Waals surface area contributed by atoms with Crippen LogP contribution < -0.4 is 5.32 Å². The molecule has 1 N–H and O–H groups in total. The SMILES string of the molecule is c1ccc2c(NCC3CCCO3)c3c(nc2c1)CSC3. The summed E-state index contributed by atoms with van der Waals surface area (Å²) >= 11 is 1.95. The standard InChI is InChI=1S/C16H18N2OS/c1-2-6-14-12(5-1)16(13-9-20-10-15(13)18-14)17-8-11-4-3-7-19-11/h1-2,5-6,11H,3-4,7-10H2,(H,17,18). The Morgan fingerprint density at radius 3 is 3.15 bits per heavy atom. The van der Waals surface area contributed by atoms with Gasteiger partial charge in [0.05, 0.1) is 17.3 Å². The van der Waals surface area contributed by atoms with Crippen LogP contribution >= 0.6 is 11.8 Å². The molecule has 2 aliphatic heterocycles. The van der Waals surface area contributed by atoms with Crippen LogP contribution in [-0.4, -0.2) is 24.2 Å². The van der Waals surface area contributed by atoms with Crippen LogP contribution in [0.1, 0.15) is 24.1 Å². The van der Waals surface area contributed by atoms with Crippen molar-refractivity contribution in [2.75, 3.05) is 18.5 Å². The maximum absolute atomic E-state index is 5.72. The van der Waals surface area contributed by atoms with Crippen molar-refractivity contribution < 1.29 is 4.74 Å². The Balaban J connectivity index is 1.72. The maximum Gasteiger partial charge on any atom is 0.0748 e. The number of nitrogens with one attached hydrogen (secondary N) is 1. The fourth-order valence-electron chi connectivity index (χ4n) is 3.05. The monoisotopic (exact) mass is 286 g/mol. The number of rotatable bonds is 3. The molecule has 1 saturated heterocycles. The molecule has 104 valence electrons. The van der Waals surface area contributed by atoms with E-state index >= 15 is 0 Å². The molecule has 1 aromatic heterocycles. The number of ether oxygens (including phenoxy) is 1. The molecule has 0 bridgehead atoms. The Labute approximate surface area is 123 Å². The number of thioether (sulfide) groups is 1.